The van der Waals surface area contributed by atoms with Crippen molar-refractivity contribution in [2.24, 2.45) is 0 Å². The van der Waals surface area contributed by atoms with Gasteiger partial charge < -0.3 is 24.6 Å². The zero-order valence-corrected chi connectivity index (χ0v) is 13.1. The number of hydrogen-bond acceptors (Lipinski definition) is 5. The third-order valence-corrected chi connectivity index (χ3v) is 2.92. The Balaban J connectivity index is 2.46. The van der Waals surface area contributed by atoms with E-state index in [4.69, 9.17) is 14.6 Å². The molecule has 0 aliphatic carbocycles. The molecule has 1 atom stereocenters. The molecule has 0 saturated heterocycles. The van der Waals surface area contributed by atoms with Crippen LogP contribution in [0.1, 0.15) is 12.0 Å². The summed E-state index contributed by atoms with van der Waals surface area (Å²) in [7, 11) is 1.50. The van der Waals surface area contributed by atoms with Crippen molar-refractivity contribution in [3.05, 3.63) is 29.8 Å². The van der Waals surface area contributed by atoms with Crippen molar-refractivity contribution in [1.29, 1.82) is 0 Å². The highest BCUT2D eigenvalue weighted by Gasteiger charge is 2.43. The molecule has 0 aliphatic rings. The first-order valence-corrected chi connectivity index (χ1v) is 7.19. The molecule has 1 aromatic rings. The van der Waals surface area contributed by atoms with Crippen LogP contribution in [-0.4, -0.2) is 50.3 Å². The van der Waals surface area contributed by atoms with E-state index in [1.807, 2.05) is 0 Å². The fraction of sp³-hybridized carbons (Fsp3) is 0.533. The van der Waals surface area contributed by atoms with Crippen molar-refractivity contribution < 1.29 is 37.3 Å². The summed E-state index contributed by atoms with van der Waals surface area (Å²) in [6.07, 6.45) is -8.10. The molecule has 0 unspecified atom stereocenters. The number of ether oxygens (including phenoxy) is 3. The summed E-state index contributed by atoms with van der Waals surface area (Å²) in [6.45, 7) is -1.05. The van der Waals surface area contributed by atoms with Gasteiger partial charge in [0, 0.05) is 13.2 Å². The van der Waals surface area contributed by atoms with Crippen LogP contribution in [-0.2, 0) is 16.1 Å². The van der Waals surface area contributed by atoms with Gasteiger partial charge >= 0.3 is 12.3 Å². The van der Waals surface area contributed by atoms with Crippen LogP contribution in [0.15, 0.2) is 24.3 Å². The summed E-state index contributed by atoms with van der Waals surface area (Å²) in [5, 5.41) is 10.7. The van der Waals surface area contributed by atoms with Gasteiger partial charge in [-0.3, -0.25) is 0 Å². The Morgan fingerprint density at radius 3 is 2.50 bits per heavy atom. The molecule has 0 aliphatic heterocycles. The molecule has 1 aromatic carbocycles. The number of alkyl halides is 3. The molecule has 0 saturated carbocycles. The number of amides is 1. The van der Waals surface area contributed by atoms with E-state index in [0.717, 1.165) is 0 Å². The Bertz CT molecular complexity index is 493. The molecule has 0 fully saturated rings. The van der Waals surface area contributed by atoms with Crippen LogP contribution in [0.4, 0.5) is 18.0 Å². The topological polar surface area (TPSA) is 77.0 Å². The molecule has 6 nitrogen and oxygen atoms in total. The SMILES string of the molecule is COc1ccc(COC[C@@H](OC(=O)NCCCO)C(F)(F)F)cc1. The molecular formula is C15H20F3NO5. The molecule has 1 amide bonds. The lowest BCUT2D eigenvalue weighted by Crippen LogP contribution is -2.41. The molecule has 0 spiro atoms. The summed E-state index contributed by atoms with van der Waals surface area (Å²) in [4.78, 5) is 11.3. The number of carbonyl (C=O) groups is 1. The lowest BCUT2D eigenvalue weighted by Gasteiger charge is -2.20. The molecule has 0 bridgehead atoms. The van der Waals surface area contributed by atoms with Gasteiger partial charge in [0.05, 0.1) is 20.3 Å². The third-order valence-electron chi connectivity index (χ3n) is 2.92. The van der Waals surface area contributed by atoms with Gasteiger partial charge in [0.1, 0.15) is 5.75 Å². The zero-order chi connectivity index (χ0) is 18.0. The fourth-order valence-corrected chi connectivity index (χ4v) is 1.64. The van der Waals surface area contributed by atoms with E-state index in [9.17, 15) is 18.0 Å². The van der Waals surface area contributed by atoms with Gasteiger partial charge in [-0.15, -0.1) is 0 Å². The predicted octanol–water partition coefficient (Wildman–Crippen LogP) is 2.25. The number of methoxy groups -OCH3 is 1. The molecule has 0 heterocycles. The number of aliphatic hydroxyl groups excluding tert-OH is 1. The summed E-state index contributed by atoms with van der Waals surface area (Å²) >= 11 is 0. The van der Waals surface area contributed by atoms with Crippen LogP contribution >= 0.6 is 0 Å². The van der Waals surface area contributed by atoms with Gasteiger partial charge in [-0.1, -0.05) is 12.1 Å². The Morgan fingerprint density at radius 2 is 1.96 bits per heavy atom. The van der Waals surface area contributed by atoms with Gasteiger partial charge in [0.15, 0.2) is 0 Å². The lowest BCUT2D eigenvalue weighted by atomic mass is 10.2. The first-order valence-electron chi connectivity index (χ1n) is 7.19. The number of carbonyl (C=O) groups excluding carboxylic acids is 1. The highest BCUT2D eigenvalue weighted by molar-refractivity contribution is 5.67. The second-order valence-electron chi connectivity index (χ2n) is 4.80. The third kappa shape index (κ3) is 7.51. The van der Waals surface area contributed by atoms with E-state index in [0.29, 0.717) is 11.3 Å². The molecule has 24 heavy (non-hydrogen) atoms. The second kappa shape index (κ2) is 9.99. The Kier molecular flexibility index (Phi) is 8.34. The van der Waals surface area contributed by atoms with Crippen LogP contribution in [0, 0.1) is 0 Å². The lowest BCUT2D eigenvalue weighted by molar-refractivity contribution is -0.217. The normalized spacial score (nSPS) is 12.5. The maximum Gasteiger partial charge on any atom is 0.427 e. The largest absolute Gasteiger partial charge is 0.497 e. The van der Waals surface area contributed by atoms with Gasteiger partial charge in [0.2, 0.25) is 6.10 Å². The molecule has 1 rings (SSSR count). The van der Waals surface area contributed by atoms with Crippen molar-refractivity contribution in [2.45, 2.75) is 25.3 Å². The monoisotopic (exact) mass is 351 g/mol. The van der Waals surface area contributed by atoms with Crippen LogP contribution in [0.2, 0.25) is 0 Å². The predicted molar refractivity (Wildman–Crippen MR) is 78.7 cm³/mol. The summed E-state index contributed by atoms with van der Waals surface area (Å²) in [6, 6.07) is 6.63. The minimum absolute atomic E-state index is 0.0205. The van der Waals surface area contributed by atoms with Crippen molar-refractivity contribution in [2.75, 3.05) is 26.9 Å². The van der Waals surface area contributed by atoms with Gasteiger partial charge in [-0.2, -0.15) is 13.2 Å². The number of halogens is 3. The van der Waals surface area contributed by atoms with E-state index < -0.39 is 25.0 Å². The fourth-order valence-electron chi connectivity index (χ4n) is 1.64. The van der Waals surface area contributed by atoms with Gasteiger partial charge in [-0.05, 0) is 24.1 Å². The van der Waals surface area contributed by atoms with E-state index in [1.54, 1.807) is 24.3 Å². The van der Waals surface area contributed by atoms with Crippen molar-refractivity contribution in [1.82, 2.24) is 5.32 Å². The molecule has 9 heteroatoms. The average molecular weight is 351 g/mol. The average Bonchev–Trinajstić information content (AvgIpc) is 2.54. The highest BCUT2D eigenvalue weighted by atomic mass is 19.4. The van der Waals surface area contributed by atoms with E-state index in [1.165, 1.54) is 7.11 Å². The van der Waals surface area contributed by atoms with Crippen LogP contribution in [0.5, 0.6) is 5.75 Å². The number of aliphatic hydroxyl groups is 1. The van der Waals surface area contributed by atoms with Gasteiger partial charge in [-0.25, -0.2) is 4.79 Å². The molecule has 0 radical (unpaired) electrons. The van der Waals surface area contributed by atoms with E-state index >= 15 is 0 Å². The second-order valence-corrected chi connectivity index (χ2v) is 4.80. The van der Waals surface area contributed by atoms with E-state index in [-0.39, 0.29) is 26.2 Å². The number of nitrogens with one attached hydrogen (secondary N) is 1. The van der Waals surface area contributed by atoms with Crippen molar-refractivity contribution >= 4 is 6.09 Å². The zero-order valence-electron chi connectivity index (χ0n) is 13.1. The summed E-state index contributed by atoms with van der Waals surface area (Å²) in [5.41, 5.74) is 0.657. The van der Waals surface area contributed by atoms with Crippen molar-refractivity contribution in [3.63, 3.8) is 0 Å². The van der Waals surface area contributed by atoms with E-state index in [2.05, 4.69) is 10.1 Å². The van der Waals surface area contributed by atoms with Crippen LogP contribution in [0.3, 0.4) is 0 Å². The Labute approximate surface area is 137 Å². The number of hydrogen-bond donors (Lipinski definition) is 2. The maximum atomic E-state index is 12.9. The summed E-state index contributed by atoms with van der Waals surface area (Å²) < 4.78 is 52.9. The first kappa shape index (κ1) is 20.0. The van der Waals surface area contributed by atoms with Crippen LogP contribution < -0.4 is 10.1 Å². The Hall–Kier alpha value is -2.00. The van der Waals surface area contributed by atoms with Crippen molar-refractivity contribution in [3.8, 4) is 5.75 Å². The molecular weight excluding hydrogens is 331 g/mol. The maximum absolute atomic E-state index is 12.9. The smallest absolute Gasteiger partial charge is 0.427 e. The summed E-state index contributed by atoms with van der Waals surface area (Å²) in [5.74, 6) is 0.620. The number of benzene rings is 1. The Morgan fingerprint density at radius 1 is 1.29 bits per heavy atom. The standard InChI is InChI=1S/C15H20F3NO5/c1-22-12-5-3-11(4-6-12)9-23-10-13(15(16,17)18)24-14(21)19-7-2-8-20/h3-6,13,20H,2,7-10H2,1H3,(H,19,21)/t13-/m1/s1. The molecule has 2 N–H and O–H groups in total. The highest BCUT2D eigenvalue weighted by Crippen LogP contribution is 2.23. The number of rotatable bonds is 9. The minimum Gasteiger partial charge on any atom is -0.497 e. The van der Waals surface area contributed by atoms with Gasteiger partial charge in [0.25, 0.3) is 0 Å². The van der Waals surface area contributed by atoms with Crippen LogP contribution in [0.25, 0.3) is 0 Å². The number of alkyl carbamates (subject to hydrolysis) is 1. The molecule has 0 aromatic heterocycles. The molecule has 136 valence electrons. The quantitative estimate of drug-likeness (QED) is 0.668. The first-order chi connectivity index (χ1) is 11.4. The minimum atomic E-state index is -4.74.